The van der Waals surface area contributed by atoms with Gasteiger partial charge in [-0.25, -0.2) is 0 Å². The van der Waals surface area contributed by atoms with Gasteiger partial charge in [-0.2, -0.15) is 5.10 Å². The van der Waals surface area contributed by atoms with Crippen molar-refractivity contribution in [3.8, 4) is 0 Å². The number of aromatic nitrogens is 2. The van der Waals surface area contributed by atoms with Crippen molar-refractivity contribution in [3.63, 3.8) is 0 Å². The molecule has 1 aliphatic rings. The molecule has 2 aromatic rings. The highest BCUT2D eigenvalue weighted by Crippen LogP contribution is 2.21. The smallest absolute Gasteiger partial charge is 0.278 e. The second-order valence-electron chi connectivity index (χ2n) is 6.79. The summed E-state index contributed by atoms with van der Waals surface area (Å²) < 4.78 is 1.93. The number of hydrogen-bond donors (Lipinski definition) is 1. The van der Waals surface area contributed by atoms with Gasteiger partial charge in [0.05, 0.1) is 6.04 Å². The van der Waals surface area contributed by atoms with Crippen molar-refractivity contribution >= 4 is 24.0 Å². The zero-order chi connectivity index (χ0) is 17.1. The van der Waals surface area contributed by atoms with E-state index in [9.17, 15) is 4.79 Å². The van der Waals surface area contributed by atoms with Crippen LogP contribution >= 0.6 is 12.4 Å². The largest absolute Gasteiger partial charge is 0.315 e. The Balaban J connectivity index is 0.00000225. The molecule has 1 unspecified atom stereocenters. The maximum atomic E-state index is 12.7. The van der Waals surface area contributed by atoms with Gasteiger partial charge >= 0.3 is 0 Å². The molecule has 5 nitrogen and oxygen atoms in total. The minimum absolute atomic E-state index is 0. The van der Waals surface area contributed by atoms with E-state index < -0.39 is 0 Å². The van der Waals surface area contributed by atoms with Crippen LogP contribution in [0.5, 0.6) is 0 Å². The molecule has 0 radical (unpaired) electrons. The molecule has 1 aromatic heterocycles. The van der Waals surface area contributed by atoms with E-state index in [0.29, 0.717) is 17.7 Å². The second-order valence-corrected chi connectivity index (χ2v) is 6.79. The van der Waals surface area contributed by atoms with Crippen molar-refractivity contribution in [2.45, 2.75) is 38.6 Å². The van der Waals surface area contributed by atoms with Crippen LogP contribution < -0.4 is 10.2 Å². The lowest BCUT2D eigenvalue weighted by molar-refractivity contribution is 0.0987. The van der Waals surface area contributed by atoms with Gasteiger partial charge in [0.15, 0.2) is 5.69 Å². The van der Waals surface area contributed by atoms with Crippen LogP contribution in [0.25, 0.3) is 0 Å². The number of nitrogens with zero attached hydrogens (tertiary/aromatic N) is 3. The molecule has 2 heterocycles. The quantitative estimate of drug-likeness (QED) is 0.903. The van der Waals surface area contributed by atoms with E-state index in [1.54, 1.807) is 11.9 Å². The number of benzene rings is 1. The van der Waals surface area contributed by atoms with Gasteiger partial charge in [0.1, 0.15) is 0 Å². The first kappa shape index (κ1) is 19.5. The lowest BCUT2D eigenvalue weighted by Crippen LogP contribution is -2.32. The molecule has 25 heavy (non-hydrogen) atoms. The fourth-order valence-corrected chi connectivity index (χ4v) is 3.09. The monoisotopic (exact) mass is 362 g/mol. The van der Waals surface area contributed by atoms with Crippen molar-refractivity contribution in [2.75, 3.05) is 25.0 Å². The molecule has 1 amide bonds. The summed E-state index contributed by atoms with van der Waals surface area (Å²) in [5.74, 6) is 0.412. The molecule has 6 heteroatoms. The Morgan fingerprint density at radius 2 is 2.00 bits per heavy atom. The molecule has 1 aromatic carbocycles. The van der Waals surface area contributed by atoms with Crippen molar-refractivity contribution in [1.82, 2.24) is 15.1 Å². The first-order valence-electron chi connectivity index (χ1n) is 8.70. The molecule has 1 N–H and O–H groups in total. The lowest BCUT2D eigenvalue weighted by atomic mass is 10.0. The van der Waals surface area contributed by atoms with E-state index in [1.165, 1.54) is 5.56 Å². The van der Waals surface area contributed by atoms with Crippen molar-refractivity contribution in [3.05, 3.63) is 47.8 Å². The van der Waals surface area contributed by atoms with Crippen LogP contribution in [-0.2, 0) is 0 Å². The number of hydrogen-bond acceptors (Lipinski definition) is 3. The molecular formula is C19H27ClN4O. The maximum absolute atomic E-state index is 12.7. The molecule has 136 valence electrons. The predicted octanol–water partition coefficient (Wildman–Crippen LogP) is 3.63. The molecule has 0 saturated carbocycles. The van der Waals surface area contributed by atoms with Crippen molar-refractivity contribution in [2.24, 2.45) is 0 Å². The normalized spacial score (nSPS) is 17.2. The molecule has 0 bridgehead atoms. The summed E-state index contributed by atoms with van der Waals surface area (Å²) in [6.07, 6.45) is 4.17. The molecule has 1 saturated heterocycles. The summed E-state index contributed by atoms with van der Waals surface area (Å²) in [7, 11) is 1.80. The minimum atomic E-state index is -0.0742. The summed E-state index contributed by atoms with van der Waals surface area (Å²) in [5.41, 5.74) is 2.66. The van der Waals surface area contributed by atoms with Gasteiger partial charge in [-0.15, -0.1) is 12.4 Å². The molecule has 1 fully saturated rings. The zero-order valence-corrected chi connectivity index (χ0v) is 15.9. The molecule has 1 aliphatic heterocycles. The van der Waals surface area contributed by atoms with Crippen LogP contribution in [-0.4, -0.2) is 35.8 Å². The number of carbonyl (C=O) groups is 1. The molecular weight excluding hydrogens is 336 g/mol. The highest BCUT2D eigenvalue weighted by atomic mass is 35.5. The lowest BCUT2D eigenvalue weighted by Gasteiger charge is -2.23. The van der Waals surface area contributed by atoms with Crippen LogP contribution in [0.1, 0.15) is 54.7 Å². The minimum Gasteiger partial charge on any atom is -0.315 e. The van der Waals surface area contributed by atoms with Gasteiger partial charge in [-0.3, -0.25) is 9.48 Å². The highest BCUT2D eigenvalue weighted by Gasteiger charge is 2.20. The first-order valence-corrected chi connectivity index (χ1v) is 8.70. The summed E-state index contributed by atoms with van der Waals surface area (Å²) in [6.45, 7) is 6.31. The number of nitrogens with one attached hydrogen (secondary N) is 1. The van der Waals surface area contributed by atoms with Gasteiger partial charge in [0, 0.05) is 25.5 Å². The van der Waals surface area contributed by atoms with Crippen LogP contribution in [0.4, 0.5) is 5.69 Å². The molecule has 3 rings (SSSR count). The number of halogens is 1. The summed E-state index contributed by atoms with van der Waals surface area (Å²) in [6, 6.07) is 10.3. The van der Waals surface area contributed by atoms with Gasteiger partial charge in [-0.1, -0.05) is 26.0 Å². The third-order valence-electron chi connectivity index (χ3n) is 4.72. The van der Waals surface area contributed by atoms with Crippen LogP contribution in [0, 0.1) is 0 Å². The fourth-order valence-electron chi connectivity index (χ4n) is 3.09. The maximum Gasteiger partial charge on any atom is 0.278 e. The molecule has 0 spiro atoms. The standard InChI is InChI=1S/C19H26N4O.ClH/c1-14(2)15-6-8-16(9-7-15)22(3)19(24)18-10-12-23(21-18)17-5-4-11-20-13-17;/h6-10,12,14,17,20H,4-5,11,13H2,1-3H3;1H. The van der Waals surface area contributed by atoms with E-state index in [-0.39, 0.29) is 18.3 Å². The molecule has 1 atom stereocenters. The van der Waals surface area contributed by atoms with E-state index in [1.807, 2.05) is 29.1 Å². The van der Waals surface area contributed by atoms with E-state index >= 15 is 0 Å². The second kappa shape index (κ2) is 8.50. The van der Waals surface area contributed by atoms with Crippen molar-refractivity contribution in [1.29, 1.82) is 0 Å². The van der Waals surface area contributed by atoms with E-state index in [0.717, 1.165) is 31.6 Å². The fraction of sp³-hybridized carbons (Fsp3) is 0.474. The van der Waals surface area contributed by atoms with Crippen LogP contribution in [0.15, 0.2) is 36.5 Å². The number of rotatable bonds is 4. The number of carbonyl (C=O) groups excluding carboxylic acids is 1. The van der Waals surface area contributed by atoms with Crippen LogP contribution in [0.3, 0.4) is 0 Å². The third kappa shape index (κ3) is 4.41. The number of amides is 1. The zero-order valence-electron chi connectivity index (χ0n) is 15.1. The Labute approximate surface area is 155 Å². The summed E-state index contributed by atoms with van der Waals surface area (Å²) in [4.78, 5) is 14.4. The Hall–Kier alpha value is -1.85. The average molecular weight is 363 g/mol. The summed E-state index contributed by atoms with van der Waals surface area (Å²) >= 11 is 0. The average Bonchev–Trinajstić information content (AvgIpc) is 3.11. The van der Waals surface area contributed by atoms with Crippen molar-refractivity contribution < 1.29 is 4.79 Å². The first-order chi connectivity index (χ1) is 11.6. The molecule has 0 aliphatic carbocycles. The number of piperidine rings is 1. The summed E-state index contributed by atoms with van der Waals surface area (Å²) in [5, 5.41) is 7.89. The van der Waals surface area contributed by atoms with Gasteiger partial charge in [-0.05, 0) is 49.1 Å². The Bertz CT molecular complexity index is 690. The topological polar surface area (TPSA) is 50.2 Å². The Morgan fingerprint density at radius 3 is 2.60 bits per heavy atom. The van der Waals surface area contributed by atoms with E-state index in [4.69, 9.17) is 0 Å². The highest BCUT2D eigenvalue weighted by molar-refractivity contribution is 6.04. The van der Waals surface area contributed by atoms with E-state index in [2.05, 4.69) is 36.4 Å². The SMILES string of the molecule is CC(C)c1ccc(N(C)C(=O)c2ccn(C3CCCNC3)n2)cc1.Cl. The van der Waals surface area contributed by atoms with Crippen LogP contribution in [0.2, 0.25) is 0 Å². The van der Waals surface area contributed by atoms with Gasteiger partial charge in [0.2, 0.25) is 0 Å². The Kier molecular flexibility index (Phi) is 6.62. The van der Waals surface area contributed by atoms with Gasteiger partial charge < -0.3 is 10.2 Å². The number of anilines is 1. The Morgan fingerprint density at radius 1 is 1.28 bits per heavy atom. The van der Waals surface area contributed by atoms with Gasteiger partial charge in [0.25, 0.3) is 5.91 Å². The predicted molar refractivity (Wildman–Crippen MR) is 104 cm³/mol. The third-order valence-corrected chi connectivity index (χ3v) is 4.72.